The van der Waals surface area contributed by atoms with Gasteiger partial charge in [-0.25, -0.2) is 4.68 Å². The molecule has 0 spiro atoms. The molecule has 4 N–H and O–H groups in total. The first-order valence-corrected chi connectivity index (χ1v) is 3.73. The summed E-state index contributed by atoms with van der Waals surface area (Å²) in [5, 5.41) is 7.09. The Bertz CT molecular complexity index is 308. The van der Waals surface area contributed by atoms with Crippen molar-refractivity contribution in [3.63, 3.8) is 0 Å². The molecule has 1 aromatic rings. The van der Waals surface area contributed by atoms with Crippen molar-refractivity contribution < 1.29 is 9.53 Å². The molecule has 1 rings (SSSR count). The number of primary amides is 1. The first kappa shape index (κ1) is 9.46. The summed E-state index contributed by atoms with van der Waals surface area (Å²) in [5.74, 6) is -0.568. The number of aromatic nitrogens is 3. The standard InChI is InChI=1S/C6H11N5O2/c1-2-13-3-11-5(7)4(6(8)12)9-10-11/h2-3,7H2,1H3,(H2,8,12). The number of nitrogens with two attached hydrogens (primary N) is 2. The number of carbonyl (C=O) groups is 1. The highest BCUT2D eigenvalue weighted by Gasteiger charge is 2.13. The molecule has 0 bridgehead atoms. The van der Waals surface area contributed by atoms with Crippen LogP contribution in [0.25, 0.3) is 0 Å². The van der Waals surface area contributed by atoms with Crippen molar-refractivity contribution in [1.82, 2.24) is 15.0 Å². The smallest absolute Gasteiger partial charge is 0.273 e. The Balaban J connectivity index is 2.80. The number of anilines is 1. The summed E-state index contributed by atoms with van der Waals surface area (Å²) in [4.78, 5) is 10.7. The van der Waals surface area contributed by atoms with Crippen molar-refractivity contribution in [3.8, 4) is 0 Å². The third-order valence-electron chi connectivity index (χ3n) is 1.42. The first-order chi connectivity index (χ1) is 6.16. The molecule has 72 valence electrons. The van der Waals surface area contributed by atoms with E-state index in [-0.39, 0.29) is 18.2 Å². The van der Waals surface area contributed by atoms with Gasteiger partial charge >= 0.3 is 0 Å². The maximum absolute atomic E-state index is 10.7. The van der Waals surface area contributed by atoms with Crippen LogP contribution in [0, 0.1) is 0 Å². The fourth-order valence-electron chi connectivity index (χ4n) is 0.769. The van der Waals surface area contributed by atoms with Crippen LogP contribution in [-0.2, 0) is 11.5 Å². The zero-order valence-electron chi connectivity index (χ0n) is 7.23. The summed E-state index contributed by atoms with van der Waals surface area (Å²) in [6.45, 7) is 2.54. The molecule has 1 amide bonds. The number of hydrogen-bond donors (Lipinski definition) is 2. The van der Waals surface area contributed by atoms with Gasteiger partial charge in [0, 0.05) is 6.61 Å². The van der Waals surface area contributed by atoms with Crippen LogP contribution >= 0.6 is 0 Å². The number of hydrogen-bond acceptors (Lipinski definition) is 5. The van der Waals surface area contributed by atoms with Gasteiger partial charge in [0.25, 0.3) is 5.91 Å². The van der Waals surface area contributed by atoms with E-state index in [2.05, 4.69) is 10.3 Å². The number of nitrogen functional groups attached to an aromatic ring is 1. The van der Waals surface area contributed by atoms with Gasteiger partial charge in [-0.2, -0.15) is 0 Å². The Kier molecular flexibility index (Phi) is 2.80. The lowest BCUT2D eigenvalue weighted by molar-refractivity contribution is 0.0794. The van der Waals surface area contributed by atoms with Gasteiger partial charge in [-0.15, -0.1) is 5.10 Å². The molecule has 7 heteroatoms. The Hall–Kier alpha value is -1.63. The number of rotatable bonds is 4. The number of nitrogens with zero attached hydrogens (tertiary/aromatic N) is 3. The molecule has 0 aliphatic carbocycles. The minimum atomic E-state index is -0.694. The third kappa shape index (κ3) is 1.94. The zero-order valence-corrected chi connectivity index (χ0v) is 7.23. The molecule has 0 radical (unpaired) electrons. The van der Waals surface area contributed by atoms with Crippen LogP contribution in [0.4, 0.5) is 5.82 Å². The third-order valence-corrected chi connectivity index (χ3v) is 1.42. The molecule has 0 aliphatic heterocycles. The SMILES string of the molecule is CCOCn1nnc(C(N)=O)c1N. The summed E-state index contributed by atoms with van der Waals surface area (Å²) < 4.78 is 6.29. The van der Waals surface area contributed by atoms with Gasteiger partial charge in [-0.05, 0) is 6.92 Å². The van der Waals surface area contributed by atoms with Gasteiger partial charge < -0.3 is 16.2 Å². The van der Waals surface area contributed by atoms with Crippen LogP contribution < -0.4 is 11.5 Å². The van der Waals surface area contributed by atoms with E-state index < -0.39 is 5.91 Å². The number of carbonyl (C=O) groups excluding carboxylic acids is 1. The Labute approximate surface area is 74.6 Å². The van der Waals surface area contributed by atoms with Crippen LogP contribution in [0.5, 0.6) is 0 Å². The van der Waals surface area contributed by atoms with Crippen molar-refractivity contribution in [2.24, 2.45) is 5.73 Å². The Morgan fingerprint density at radius 1 is 1.69 bits per heavy atom. The zero-order chi connectivity index (χ0) is 9.84. The largest absolute Gasteiger partial charge is 0.382 e. The summed E-state index contributed by atoms with van der Waals surface area (Å²) in [7, 11) is 0. The minimum Gasteiger partial charge on any atom is -0.382 e. The molecule has 1 heterocycles. The maximum atomic E-state index is 10.7. The lowest BCUT2D eigenvalue weighted by Crippen LogP contribution is -2.15. The quantitative estimate of drug-likeness (QED) is 0.622. The lowest BCUT2D eigenvalue weighted by atomic mass is 10.4. The lowest BCUT2D eigenvalue weighted by Gasteiger charge is -2.01. The molecule has 0 aliphatic rings. The fraction of sp³-hybridized carbons (Fsp3) is 0.500. The van der Waals surface area contributed by atoms with Gasteiger partial charge in [0.2, 0.25) is 0 Å². The van der Waals surface area contributed by atoms with E-state index in [1.54, 1.807) is 0 Å². The second-order valence-corrected chi connectivity index (χ2v) is 2.31. The van der Waals surface area contributed by atoms with E-state index in [0.29, 0.717) is 6.61 Å². The van der Waals surface area contributed by atoms with E-state index >= 15 is 0 Å². The van der Waals surface area contributed by atoms with Gasteiger partial charge in [0.15, 0.2) is 11.5 Å². The van der Waals surface area contributed by atoms with E-state index in [1.165, 1.54) is 4.68 Å². The molecule has 0 fully saturated rings. The molecule has 13 heavy (non-hydrogen) atoms. The van der Waals surface area contributed by atoms with Crippen LogP contribution in [-0.4, -0.2) is 27.5 Å². The van der Waals surface area contributed by atoms with Crippen molar-refractivity contribution in [1.29, 1.82) is 0 Å². The minimum absolute atomic E-state index is 0.0281. The molecule has 0 saturated carbocycles. The summed E-state index contributed by atoms with van der Waals surface area (Å²) >= 11 is 0. The van der Waals surface area contributed by atoms with E-state index in [0.717, 1.165) is 0 Å². The maximum Gasteiger partial charge on any atom is 0.273 e. The number of amides is 1. The molecule has 0 atom stereocenters. The number of ether oxygens (including phenoxy) is 1. The Morgan fingerprint density at radius 3 is 2.85 bits per heavy atom. The van der Waals surface area contributed by atoms with E-state index in [1.807, 2.05) is 6.92 Å². The van der Waals surface area contributed by atoms with Crippen LogP contribution in [0.15, 0.2) is 0 Å². The average molecular weight is 185 g/mol. The summed E-state index contributed by atoms with van der Waals surface area (Å²) in [5.41, 5.74) is 10.5. The Morgan fingerprint density at radius 2 is 2.38 bits per heavy atom. The normalized spacial score (nSPS) is 10.2. The van der Waals surface area contributed by atoms with Crippen molar-refractivity contribution >= 4 is 11.7 Å². The monoisotopic (exact) mass is 185 g/mol. The van der Waals surface area contributed by atoms with Gasteiger partial charge in [-0.3, -0.25) is 4.79 Å². The van der Waals surface area contributed by atoms with Gasteiger partial charge in [-0.1, -0.05) is 5.21 Å². The first-order valence-electron chi connectivity index (χ1n) is 3.73. The van der Waals surface area contributed by atoms with E-state index in [4.69, 9.17) is 16.2 Å². The van der Waals surface area contributed by atoms with Crippen LogP contribution in [0.3, 0.4) is 0 Å². The second kappa shape index (κ2) is 3.85. The molecule has 0 unspecified atom stereocenters. The van der Waals surface area contributed by atoms with E-state index in [9.17, 15) is 4.79 Å². The molecule has 7 nitrogen and oxygen atoms in total. The molecule has 0 aromatic carbocycles. The predicted octanol–water partition coefficient (Wildman–Crippen LogP) is -1.05. The van der Waals surface area contributed by atoms with Crippen molar-refractivity contribution in [2.75, 3.05) is 12.3 Å². The fourth-order valence-corrected chi connectivity index (χ4v) is 0.769. The predicted molar refractivity (Wildman–Crippen MR) is 44.6 cm³/mol. The molecule has 1 aromatic heterocycles. The topological polar surface area (TPSA) is 109 Å². The van der Waals surface area contributed by atoms with Gasteiger partial charge in [0.05, 0.1) is 0 Å². The highest BCUT2D eigenvalue weighted by atomic mass is 16.5. The van der Waals surface area contributed by atoms with Crippen molar-refractivity contribution in [3.05, 3.63) is 5.69 Å². The molecular weight excluding hydrogens is 174 g/mol. The second-order valence-electron chi connectivity index (χ2n) is 2.31. The average Bonchev–Trinajstić information content (AvgIpc) is 2.43. The molecule has 0 saturated heterocycles. The van der Waals surface area contributed by atoms with Gasteiger partial charge in [0.1, 0.15) is 6.73 Å². The summed E-state index contributed by atoms with van der Waals surface area (Å²) in [6, 6.07) is 0. The summed E-state index contributed by atoms with van der Waals surface area (Å²) in [6.07, 6.45) is 0. The highest BCUT2D eigenvalue weighted by Crippen LogP contribution is 2.05. The van der Waals surface area contributed by atoms with Crippen LogP contribution in [0.1, 0.15) is 17.4 Å². The van der Waals surface area contributed by atoms with Crippen molar-refractivity contribution in [2.45, 2.75) is 13.7 Å². The molecular formula is C6H11N5O2. The van der Waals surface area contributed by atoms with Crippen LogP contribution in [0.2, 0.25) is 0 Å². The highest BCUT2D eigenvalue weighted by molar-refractivity contribution is 5.94.